The van der Waals surface area contributed by atoms with E-state index in [4.69, 9.17) is 4.74 Å². The molecule has 0 aliphatic rings. The Hall–Kier alpha value is -3.52. The first-order chi connectivity index (χ1) is 18.4. The molecule has 3 aromatic rings. The Bertz CT molecular complexity index is 1300. The van der Waals surface area contributed by atoms with Gasteiger partial charge < -0.3 is 4.74 Å². The van der Waals surface area contributed by atoms with E-state index in [1.165, 1.54) is 0 Å². The van der Waals surface area contributed by atoms with Crippen molar-refractivity contribution in [2.45, 2.75) is 37.6 Å². The van der Waals surface area contributed by atoms with Crippen LogP contribution in [0.5, 0.6) is 5.75 Å². The average Bonchev–Trinajstić information content (AvgIpc) is 2.94. The lowest BCUT2D eigenvalue weighted by Crippen LogP contribution is -2.48. The molecule has 3 rings (SSSR count). The molecule has 38 heavy (non-hydrogen) atoms. The summed E-state index contributed by atoms with van der Waals surface area (Å²) in [5.74, 6) is 0.412. The Balaban J connectivity index is 1.85. The second-order valence-electron chi connectivity index (χ2n) is 9.39. The summed E-state index contributed by atoms with van der Waals surface area (Å²) in [7, 11) is -1.62. The van der Waals surface area contributed by atoms with Crippen molar-refractivity contribution in [1.82, 2.24) is 9.79 Å². The Labute approximate surface area is 227 Å². The van der Waals surface area contributed by atoms with Crippen LogP contribution in [0.15, 0.2) is 109 Å². The minimum Gasteiger partial charge on any atom is -0.489 e. The standard InChI is InChI=1S/C31H36N2O4S/c1-5-9-24(6-2)22-37-28-15-12-25(13-16-28)20-30(31(34)32-35)33(19-18-23(3)4)38(36)29-17-14-26-10-7-8-11-27(26)21-29/h5-17,21,23,30,35H,1-2,18-20,22H2,3-4H3,(H,32,34)/b24-9+/t30-,38?/m1/s1. The zero-order chi connectivity index (χ0) is 27.5. The monoisotopic (exact) mass is 532 g/mol. The molecule has 6 nitrogen and oxygen atoms in total. The van der Waals surface area contributed by atoms with Crippen LogP contribution in [-0.2, 0) is 22.2 Å². The van der Waals surface area contributed by atoms with Crippen LogP contribution in [0, 0.1) is 5.92 Å². The second kappa shape index (κ2) is 14.4. The van der Waals surface area contributed by atoms with Gasteiger partial charge in [-0.2, -0.15) is 0 Å². The summed E-state index contributed by atoms with van der Waals surface area (Å²) >= 11 is 0. The number of hydroxylamine groups is 1. The van der Waals surface area contributed by atoms with E-state index < -0.39 is 22.9 Å². The number of carbonyl (C=O) groups excluding carboxylic acids is 1. The molecule has 0 fully saturated rings. The molecule has 0 saturated carbocycles. The molecule has 200 valence electrons. The molecule has 3 aromatic carbocycles. The maximum atomic E-state index is 13.9. The molecule has 2 N–H and O–H groups in total. The Morgan fingerprint density at radius 1 is 1.08 bits per heavy atom. The lowest BCUT2D eigenvalue weighted by Gasteiger charge is -2.29. The predicted molar refractivity (Wildman–Crippen MR) is 154 cm³/mol. The third-order valence-electron chi connectivity index (χ3n) is 6.17. The predicted octanol–water partition coefficient (Wildman–Crippen LogP) is 6.00. The van der Waals surface area contributed by atoms with Crippen LogP contribution in [-0.4, -0.2) is 38.8 Å². The number of allylic oxidation sites excluding steroid dienone is 2. The highest BCUT2D eigenvalue weighted by Crippen LogP contribution is 2.24. The summed E-state index contributed by atoms with van der Waals surface area (Å²) in [6, 6.07) is 20.1. The molecule has 7 heteroatoms. The van der Waals surface area contributed by atoms with Crippen molar-refractivity contribution in [1.29, 1.82) is 0 Å². The number of amides is 1. The fourth-order valence-electron chi connectivity index (χ4n) is 3.99. The number of hydrogen-bond donors (Lipinski definition) is 2. The number of hydrogen-bond acceptors (Lipinski definition) is 4. The fraction of sp³-hybridized carbons (Fsp3) is 0.258. The maximum Gasteiger partial charge on any atom is 0.262 e. The molecule has 0 aliphatic heterocycles. The van der Waals surface area contributed by atoms with E-state index in [1.807, 2.05) is 72.8 Å². The summed E-state index contributed by atoms with van der Waals surface area (Å²) in [6.07, 6.45) is 6.24. The van der Waals surface area contributed by atoms with E-state index in [0.29, 0.717) is 29.7 Å². The minimum absolute atomic E-state index is 0.262. The number of carbonyl (C=O) groups is 1. The zero-order valence-corrected chi connectivity index (χ0v) is 22.8. The van der Waals surface area contributed by atoms with Gasteiger partial charge in [0.25, 0.3) is 5.91 Å². The van der Waals surface area contributed by atoms with Gasteiger partial charge in [0.1, 0.15) is 29.4 Å². The van der Waals surface area contributed by atoms with Crippen LogP contribution >= 0.6 is 0 Å². The van der Waals surface area contributed by atoms with E-state index >= 15 is 0 Å². The van der Waals surface area contributed by atoms with Crippen molar-refractivity contribution in [3.63, 3.8) is 0 Å². The third kappa shape index (κ3) is 7.99. The van der Waals surface area contributed by atoms with Gasteiger partial charge in [-0.1, -0.05) is 87.7 Å². The molecular weight excluding hydrogens is 496 g/mol. The second-order valence-corrected chi connectivity index (χ2v) is 10.8. The largest absolute Gasteiger partial charge is 0.489 e. The Morgan fingerprint density at radius 3 is 2.42 bits per heavy atom. The average molecular weight is 533 g/mol. The molecule has 0 heterocycles. The van der Waals surface area contributed by atoms with Gasteiger partial charge >= 0.3 is 0 Å². The summed E-state index contributed by atoms with van der Waals surface area (Å²) in [6.45, 7) is 12.4. The molecule has 1 amide bonds. The number of fused-ring (bicyclic) bond motifs is 1. The smallest absolute Gasteiger partial charge is 0.262 e. The molecule has 0 aliphatic carbocycles. The Kier molecular flexibility index (Phi) is 11.0. The first-order valence-electron chi connectivity index (χ1n) is 12.6. The van der Waals surface area contributed by atoms with Crippen LogP contribution in [0.25, 0.3) is 10.8 Å². The zero-order valence-electron chi connectivity index (χ0n) is 22.0. The summed E-state index contributed by atoms with van der Waals surface area (Å²) in [4.78, 5) is 13.5. The van der Waals surface area contributed by atoms with Crippen molar-refractivity contribution in [2.24, 2.45) is 5.92 Å². The first-order valence-corrected chi connectivity index (χ1v) is 13.7. The summed E-state index contributed by atoms with van der Waals surface area (Å²) in [5, 5.41) is 11.6. The van der Waals surface area contributed by atoms with E-state index in [0.717, 1.165) is 28.3 Å². The summed E-state index contributed by atoms with van der Waals surface area (Å²) in [5.41, 5.74) is 3.54. The van der Waals surface area contributed by atoms with Gasteiger partial charge in [0.05, 0.1) is 4.90 Å². The molecular formula is C31H36N2O4S. The highest BCUT2D eigenvalue weighted by molar-refractivity contribution is 7.82. The number of ether oxygens (including phenoxy) is 1. The van der Waals surface area contributed by atoms with Crippen LogP contribution in [0.1, 0.15) is 25.8 Å². The van der Waals surface area contributed by atoms with Crippen molar-refractivity contribution < 1.29 is 18.9 Å². The SMILES string of the molecule is C=C/C=C(\C=C)COc1ccc(C[C@H](C(=O)NO)N(CCC(C)C)S(=O)c2ccc3ccccc3c2)cc1. The van der Waals surface area contributed by atoms with E-state index in [1.54, 1.807) is 21.9 Å². The quantitative estimate of drug-likeness (QED) is 0.152. The highest BCUT2D eigenvalue weighted by Gasteiger charge is 2.31. The van der Waals surface area contributed by atoms with Crippen molar-refractivity contribution in [3.05, 3.63) is 109 Å². The molecule has 0 spiro atoms. The van der Waals surface area contributed by atoms with E-state index in [-0.39, 0.29) is 6.42 Å². The number of benzene rings is 3. The van der Waals surface area contributed by atoms with Crippen LogP contribution in [0.2, 0.25) is 0 Å². The van der Waals surface area contributed by atoms with Gasteiger partial charge in [-0.15, -0.1) is 0 Å². The first kappa shape index (κ1) is 29.0. The topological polar surface area (TPSA) is 78.9 Å². The van der Waals surface area contributed by atoms with Crippen LogP contribution in [0.3, 0.4) is 0 Å². The maximum absolute atomic E-state index is 13.9. The minimum atomic E-state index is -1.62. The number of rotatable bonds is 14. The lowest BCUT2D eigenvalue weighted by molar-refractivity contribution is -0.133. The van der Waals surface area contributed by atoms with Gasteiger partial charge in [-0.25, -0.2) is 14.0 Å². The van der Waals surface area contributed by atoms with Crippen LogP contribution in [0.4, 0.5) is 0 Å². The Morgan fingerprint density at radius 2 is 1.79 bits per heavy atom. The lowest BCUT2D eigenvalue weighted by atomic mass is 10.0. The van der Waals surface area contributed by atoms with Crippen LogP contribution < -0.4 is 10.2 Å². The van der Waals surface area contributed by atoms with Crippen molar-refractivity contribution >= 4 is 27.7 Å². The van der Waals surface area contributed by atoms with E-state index in [9.17, 15) is 14.2 Å². The van der Waals surface area contributed by atoms with Gasteiger partial charge in [-0.3, -0.25) is 10.0 Å². The molecule has 2 atom stereocenters. The van der Waals surface area contributed by atoms with E-state index in [2.05, 4.69) is 27.0 Å². The van der Waals surface area contributed by atoms with Gasteiger partial charge in [0.15, 0.2) is 0 Å². The normalized spacial score (nSPS) is 13.3. The molecule has 0 bridgehead atoms. The summed E-state index contributed by atoms with van der Waals surface area (Å²) < 4.78 is 21.4. The number of nitrogens with zero attached hydrogens (tertiary/aromatic N) is 1. The third-order valence-corrected chi connectivity index (χ3v) is 7.70. The molecule has 1 unspecified atom stereocenters. The molecule has 0 saturated heterocycles. The number of nitrogens with one attached hydrogen (secondary N) is 1. The fourth-order valence-corrected chi connectivity index (χ4v) is 5.34. The van der Waals surface area contributed by atoms with Gasteiger partial charge in [-0.05, 0) is 64.9 Å². The molecule has 0 aromatic heterocycles. The van der Waals surface area contributed by atoms with Crippen molar-refractivity contribution in [3.8, 4) is 5.75 Å². The van der Waals surface area contributed by atoms with Gasteiger partial charge in [0, 0.05) is 6.54 Å². The molecule has 0 radical (unpaired) electrons. The van der Waals surface area contributed by atoms with Crippen molar-refractivity contribution in [2.75, 3.05) is 13.2 Å². The van der Waals surface area contributed by atoms with Gasteiger partial charge in [0.2, 0.25) is 0 Å². The highest BCUT2D eigenvalue weighted by atomic mass is 32.2.